The van der Waals surface area contributed by atoms with Gasteiger partial charge in [0.15, 0.2) is 5.13 Å². The molecule has 0 bridgehead atoms. The Morgan fingerprint density at radius 2 is 1.84 bits per heavy atom. The van der Waals surface area contributed by atoms with Crippen molar-refractivity contribution in [2.24, 2.45) is 0 Å². The van der Waals surface area contributed by atoms with Crippen LogP contribution in [-0.4, -0.2) is 16.9 Å². The van der Waals surface area contributed by atoms with Crippen LogP contribution in [0.15, 0.2) is 72.1 Å². The quantitative estimate of drug-likeness (QED) is 0.342. The second kappa shape index (κ2) is 9.29. The summed E-state index contributed by atoms with van der Waals surface area (Å²) in [5.74, 6) is -0.514. The molecule has 31 heavy (non-hydrogen) atoms. The number of nitrogens with zero attached hydrogens (tertiary/aromatic N) is 2. The molecule has 0 radical (unpaired) electrons. The standard InChI is InChI=1S/C24H19ClN2O3S/c1-16(28)27(21-10-5-9-19(25)13-21)24-26-20(15-31-24)14-30-23(29)12-18-8-4-7-17-6-2-3-11-22(17)18/h2-11,13,15H,12,14H2,1H3. The number of benzene rings is 3. The molecule has 0 unspecified atom stereocenters. The van der Waals surface area contributed by atoms with Crippen molar-refractivity contribution >= 4 is 56.4 Å². The van der Waals surface area contributed by atoms with E-state index < -0.39 is 0 Å². The first kappa shape index (κ1) is 21.0. The Balaban J connectivity index is 1.44. The second-order valence-corrected chi connectivity index (χ2v) is 8.20. The molecular weight excluding hydrogens is 432 g/mol. The van der Waals surface area contributed by atoms with E-state index in [0.717, 1.165) is 16.3 Å². The summed E-state index contributed by atoms with van der Waals surface area (Å²) in [5.41, 5.74) is 2.14. The van der Waals surface area contributed by atoms with Gasteiger partial charge in [-0.25, -0.2) is 4.98 Å². The molecule has 4 aromatic rings. The average Bonchev–Trinajstić information content (AvgIpc) is 3.21. The molecule has 0 saturated heterocycles. The summed E-state index contributed by atoms with van der Waals surface area (Å²) < 4.78 is 5.44. The molecule has 3 aromatic carbocycles. The number of esters is 1. The third kappa shape index (κ3) is 4.93. The van der Waals surface area contributed by atoms with E-state index in [0.29, 0.717) is 21.5 Å². The highest BCUT2D eigenvalue weighted by Crippen LogP contribution is 2.30. The van der Waals surface area contributed by atoms with Gasteiger partial charge in [0.25, 0.3) is 0 Å². The first-order valence-electron chi connectivity index (χ1n) is 9.64. The Labute approximate surface area is 188 Å². The van der Waals surface area contributed by atoms with Crippen molar-refractivity contribution in [3.8, 4) is 0 Å². The molecule has 0 spiro atoms. The Morgan fingerprint density at radius 3 is 2.65 bits per heavy atom. The van der Waals surface area contributed by atoms with Gasteiger partial charge in [-0.3, -0.25) is 14.5 Å². The van der Waals surface area contributed by atoms with Gasteiger partial charge in [-0.1, -0.05) is 60.1 Å². The van der Waals surface area contributed by atoms with Crippen molar-refractivity contribution in [1.82, 2.24) is 4.98 Å². The van der Waals surface area contributed by atoms with Gasteiger partial charge in [0, 0.05) is 17.3 Å². The minimum absolute atomic E-state index is 0.0430. The normalized spacial score (nSPS) is 10.8. The molecule has 7 heteroatoms. The molecule has 0 aliphatic carbocycles. The lowest BCUT2D eigenvalue weighted by Gasteiger charge is -2.18. The SMILES string of the molecule is CC(=O)N(c1cccc(Cl)c1)c1nc(COC(=O)Cc2cccc3ccccc23)cs1. The molecule has 0 N–H and O–H groups in total. The molecule has 1 aromatic heterocycles. The maximum Gasteiger partial charge on any atom is 0.310 e. The number of carbonyl (C=O) groups is 2. The minimum Gasteiger partial charge on any atom is -0.459 e. The van der Waals surface area contributed by atoms with Gasteiger partial charge < -0.3 is 4.74 Å². The number of ether oxygens (including phenoxy) is 1. The number of carbonyl (C=O) groups excluding carboxylic acids is 2. The number of hydrogen-bond donors (Lipinski definition) is 0. The number of rotatable bonds is 6. The second-order valence-electron chi connectivity index (χ2n) is 6.93. The van der Waals surface area contributed by atoms with Crippen molar-refractivity contribution in [3.05, 3.63) is 88.4 Å². The van der Waals surface area contributed by atoms with Crippen LogP contribution in [0.25, 0.3) is 10.8 Å². The maximum absolute atomic E-state index is 12.4. The van der Waals surface area contributed by atoms with Crippen molar-refractivity contribution < 1.29 is 14.3 Å². The zero-order valence-electron chi connectivity index (χ0n) is 16.7. The number of anilines is 2. The van der Waals surface area contributed by atoms with Gasteiger partial charge in [-0.05, 0) is 34.5 Å². The third-order valence-corrected chi connectivity index (χ3v) is 5.82. The Morgan fingerprint density at radius 1 is 1.06 bits per heavy atom. The van der Waals surface area contributed by atoms with Crippen LogP contribution in [0, 0.1) is 0 Å². The van der Waals surface area contributed by atoms with Gasteiger partial charge in [0.05, 0.1) is 17.8 Å². The summed E-state index contributed by atoms with van der Waals surface area (Å²) in [6.07, 6.45) is 0.181. The van der Waals surface area contributed by atoms with Crippen molar-refractivity contribution in [1.29, 1.82) is 0 Å². The third-order valence-electron chi connectivity index (χ3n) is 4.71. The molecule has 0 aliphatic heterocycles. The van der Waals surface area contributed by atoms with Crippen molar-refractivity contribution in [2.45, 2.75) is 20.0 Å². The molecule has 156 valence electrons. The van der Waals surface area contributed by atoms with Crippen LogP contribution in [0.3, 0.4) is 0 Å². The molecule has 1 heterocycles. The highest BCUT2D eigenvalue weighted by Gasteiger charge is 2.19. The first-order chi connectivity index (χ1) is 15.0. The molecule has 0 saturated carbocycles. The predicted octanol–water partition coefficient (Wildman–Crippen LogP) is 5.92. The van der Waals surface area contributed by atoms with Crippen LogP contribution in [0.2, 0.25) is 5.02 Å². The molecule has 1 amide bonds. The van der Waals surface area contributed by atoms with Crippen molar-refractivity contribution in [3.63, 3.8) is 0 Å². The largest absolute Gasteiger partial charge is 0.459 e. The van der Waals surface area contributed by atoms with E-state index in [1.807, 2.05) is 42.5 Å². The Hall–Kier alpha value is -3.22. The fourth-order valence-electron chi connectivity index (χ4n) is 3.32. The van der Waals surface area contributed by atoms with Gasteiger partial charge >= 0.3 is 5.97 Å². The summed E-state index contributed by atoms with van der Waals surface area (Å²) in [6.45, 7) is 1.51. The van der Waals surface area contributed by atoms with Crippen LogP contribution in [0.4, 0.5) is 10.8 Å². The van der Waals surface area contributed by atoms with E-state index in [-0.39, 0.29) is 24.9 Å². The van der Waals surface area contributed by atoms with E-state index in [4.69, 9.17) is 16.3 Å². The van der Waals surface area contributed by atoms with Crippen LogP contribution in [0.1, 0.15) is 18.2 Å². The fourth-order valence-corrected chi connectivity index (χ4v) is 4.37. The van der Waals surface area contributed by atoms with E-state index in [1.54, 1.807) is 29.6 Å². The summed E-state index contributed by atoms with van der Waals surface area (Å²) in [4.78, 5) is 30.6. The summed E-state index contributed by atoms with van der Waals surface area (Å²) in [7, 11) is 0. The number of amides is 1. The molecule has 4 rings (SSSR count). The smallest absolute Gasteiger partial charge is 0.310 e. The summed E-state index contributed by atoms with van der Waals surface area (Å²) in [6, 6.07) is 20.8. The Kier molecular flexibility index (Phi) is 6.30. The topological polar surface area (TPSA) is 59.5 Å². The lowest BCUT2D eigenvalue weighted by molar-refractivity contribution is -0.144. The van der Waals surface area contributed by atoms with Gasteiger partial charge in [0.1, 0.15) is 6.61 Å². The number of aromatic nitrogens is 1. The van der Waals surface area contributed by atoms with E-state index in [1.165, 1.54) is 23.2 Å². The van der Waals surface area contributed by atoms with Crippen LogP contribution < -0.4 is 4.90 Å². The maximum atomic E-state index is 12.4. The zero-order valence-corrected chi connectivity index (χ0v) is 18.3. The monoisotopic (exact) mass is 450 g/mol. The molecular formula is C24H19ClN2O3S. The molecule has 0 fully saturated rings. The lowest BCUT2D eigenvalue weighted by atomic mass is 10.0. The van der Waals surface area contributed by atoms with Crippen LogP contribution >= 0.6 is 22.9 Å². The van der Waals surface area contributed by atoms with Crippen LogP contribution in [0.5, 0.6) is 0 Å². The molecule has 0 atom stereocenters. The number of fused-ring (bicyclic) bond motifs is 1. The number of thiazole rings is 1. The predicted molar refractivity (Wildman–Crippen MR) is 124 cm³/mol. The highest BCUT2D eigenvalue weighted by molar-refractivity contribution is 7.14. The summed E-state index contributed by atoms with van der Waals surface area (Å²) in [5, 5.41) is 4.93. The van der Waals surface area contributed by atoms with E-state index >= 15 is 0 Å². The summed E-state index contributed by atoms with van der Waals surface area (Å²) >= 11 is 7.37. The highest BCUT2D eigenvalue weighted by atomic mass is 35.5. The minimum atomic E-state index is -0.329. The first-order valence-corrected chi connectivity index (χ1v) is 10.9. The van der Waals surface area contributed by atoms with Gasteiger partial charge in [-0.15, -0.1) is 11.3 Å². The van der Waals surface area contributed by atoms with E-state index in [2.05, 4.69) is 4.98 Å². The Bertz CT molecular complexity index is 1250. The zero-order chi connectivity index (χ0) is 21.8. The fraction of sp³-hybridized carbons (Fsp3) is 0.125. The lowest BCUT2D eigenvalue weighted by Crippen LogP contribution is -2.22. The molecule has 5 nitrogen and oxygen atoms in total. The average molecular weight is 451 g/mol. The number of hydrogen-bond acceptors (Lipinski definition) is 5. The van der Waals surface area contributed by atoms with Crippen LogP contribution in [-0.2, 0) is 27.4 Å². The van der Waals surface area contributed by atoms with Gasteiger partial charge in [0.2, 0.25) is 5.91 Å². The van der Waals surface area contributed by atoms with Gasteiger partial charge in [-0.2, -0.15) is 0 Å². The molecule has 0 aliphatic rings. The van der Waals surface area contributed by atoms with Crippen molar-refractivity contribution in [2.75, 3.05) is 4.90 Å². The number of halogens is 1. The van der Waals surface area contributed by atoms with E-state index in [9.17, 15) is 9.59 Å².